The lowest BCUT2D eigenvalue weighted by Gasteiger charge is -2.35. The molecule has 1 fully saturated rings. The Hall–Kier alpha value is -1.06. The third-order valence-corrected chi connectivity index (χ3v) is 3.14. The van der Waals surface area contributed by atoms with Crippen LogP contribution in [0.1, 0.15) is 32.6 Å². The van der Waals surface area contributed by atoms with Gasteiger partial charge in [0.25, 0.3) is 0 Å². The van der Waals surface area contributed by atoms with Gasteiger partial charge in [-0.1, -0.05) is 12.8 Å². The molecule has 0 radical (unpaired) electrons. The number of esters is 1. The first-order chi connectivity index (χ1) is 7.70. The molecule has 4 heteroatoms. The van der Waals surface area contributed by atoms with Gasteiger partial charge in [0.05, 0.1) is 18.9 Å². The first-order valence-corrected chi connectivity index (χ1v) is 6.01. The van der Waals surface area contributed by atoms with E-state index in [0.29, 0.717) is 6.61 Å². The van der Waals surface area contributed by atoms with Gasteiger partial charge in [-0.2, -0.15) is 0 Å². The SMILES string of the molecule is CCOC(=O)[C@H]1CCCC[C@H]1N(C)C=NC. The number of nitrogens with zero attached hydrogens (tertiary/aromatic N) is 2. The van der Waals surface area contributed by atoms with E-state index in [1.54, 1.807) is 13.4 Å². The second-order valence-electron chi connectivity index (χ2n) is 4.25. The quantitative estimate of drug-likeness (QED) is 0.416. The van der Waals surface area contributed by atoms with E-state index in [1.165, 1.54) is 6.42 Å². The molecule has 0 aliphatic heterocycles. The smallest absolute Gasteiger partial charge is 0.311 e. The van der Waals surface area contributed by atoms with Crippen LogP contribution < -0.4 is 0 Å². The minimum atomic E-state index is -0.0523. The summed E-state index contributed by atoms with van der Waals surface area (Å²) in [6.45, 7) is 2.32. The third kappa shape index (κ3) is 3.22. The third-order valence-electron chi connectivity index (χ3n) is 3.14. The molecule has 1 aliphatic carbocycles. The Morgan fingerprint density at radius 3 is 2.81 bits per heavy atom. The highest BCUT2D eigenvalue weighted by Gasteiger charge is 2.33. The van der Waals surface area contributed by atoms with Gasteiger partial charge in [-0.25, -0.2) is 0 Å². The number of hydrogen-bond donors (Lipinski definition) is 0. The molecule has 0 saturated heterocycles. The second kappa shape index (κ2) is 6.51. The van der Waals surface area contributed by atoms with Crippen LogP contribution >= 0.6 is 0 Å². The van der Waals surface area contributed by atoms with Crippen molar-refractivity contribution in [2.24, 2.45) is 10.9 Å². The first kappa shape index (κ1) is 13.0. The van der Waals surface area contributed by atoms with Crippen LogP contribution in [0.4, 0.5) is 0 Å². The van der Waals surface area contributed by atoms with Gasteiger partial charge in [-0.05, 0) is 19.8 Å². The van der Waals surface area contributed by atoms with Crippen LogP contribution in [0.2, 0.25) is 0 Å². The fourth-order valence-corrected chi connectivity index (χ4v) is 2.39. The molecule has 16 heavy (non-hydrogen) atoms. The molecule has 2 atom stereocenters. The molecule has 0 spiro atoms. The van der Waals surface area contributed by atoms with Crippen molar-refractivity contribution in [2.75, 3.05) is 20.7 Å². The first-order valence-electron chi connectivity index (χ1n) is 6.01. The van der Waals surface area contributed by atoms with E-state index in [0.717, 1.165) is 19.3 Å². The summed E-state index contributed by atoms with van der Waals surface area (Å²) in [6.07, 6.45) is 6.08. The van der Waals surface area contributed by atoms with E-state index in [1.807, 2.05) is 18.9 Å². The Bertz CT molecular complexity index is 253. The minimum absolute atomic E-state index is 0.0108. The lowest BCUT2D eigenvalue weighted by Crippen LogP contribution is -2.43. The maximum Gasteiger partial charge on any atom is 0.311 e. The second-order valence-corrected chi connectivity index (χ2v) is 4.25. The van der Waals surface area contributed by atoms with Crippen LogP contribution in [0.15, 0.2) is 4.99 Å². The molecule has 4 nitrogen and oxygen atoms in total. The summed E-state index contributed by atoms with van der Waals surface area (Å²) in [6, 6.07) is 0.247. The number of rotatable bonds is 4. The molecule has 0 heterocycles. The van der Waals surface area contributed by atoms with Crippen molar-refractivity contribution < 1.29 is 9.53 Å². The van der Waals surface area contributed by atoms with Gasteiger partial charge in [0.2, 0.25) is 0 Å². The van der Waals surface area contributed by atoms with E-state index < -0.39 is 0 Å². The highest BCUT2D eigenvalue weighted by Crippen LogP contribution is 2.28. The molecule has 1 saturated carbocycles. The molecular formula is C12H22N2O2. The molecule has 0 aromatic rings. The van der Waals surface area contributed by atoms with Gasteiger partial charge in [0.1, 0.15) is 0 Å². The largest absolute Gasteiger partial charge is 0.466 e. The lowest BCUT2D eigenvalue weighted by molar-refractivity contribution is -0.151. The highest BCUT2D eigenvalue weighted by molar-refractivity contribution is 5.74. The minimum Gasteiger partial charge on any atom is -0.466 e. The van der Waals surface area contributed by atoms with E-state index in [2.05, 4.69) is 4.99 Å². The number of carbonyl (C=O) groups excluding carboxylic acids is 1. The Kier molecular flexibility index (Phi) is 5.29. The Morgan fingerprint density at radius 2 is 2.19 bits per heavy atom. The Balaban J connectivity index is 2.66. The fraction of sp³-hybridized carbons (Fsp3) is 0.833. The normalized spacial score (nSPS) is 25.7. The summed E-state index contributed by atoms with van der Waals surface area (Å²) in [5, 5.41) is 0. The molecule has 0 N–H and O–H groups in total. The molecular weight excluding hydrogens is 204 g/mol. The lowest BCUT2D eigenvalue weighted by atomic mass is 9.84. The highest BCUT2D eigenvalue weighted by atomic mass is 16.5. The summed E-state index contributed by atoms with van der Waals surface area (Å²) < 4.78 is 5.13. The molecule has 0 unspecified atom stereocenters. The zero-order chi connectivity index (χ0) is 12.0. The zero-order valence-corrected chi connectivity index (χ0v) is 10.5. The molecule has 0 bridgehead atoms. The molecule has 0 aromatic carbocycles. The van der Waals surface area contributed by atoms with E-state index in [4.69, 9.17) is 4.74 Å². The van der Waals surface area contributed by atoms with Gasteiger partial charge in [0.15, 0.2) is 0 Å². The van der Waals surface area contributed by atoms with Crippen molar-refractivity contribution >= 4 is 12.3 Å². The average molecular weight is 226 g/mol. The standard InChI is InChI=1S/C12H22N2O2/c1-4-16-12(15)10-7-5-6-8-11(10)14(3)9-13-2/h9-11H,4-8H2,1-3H3/t10-,11+/m0/s1. The van der Waals surface area contributed by atoms with Crippen molar-refractivity contribution in [2.45, 2.75) is 38.6 Å². The number of aliphatic imine (C=N–C) groups is 1. The fourth-order valence-electron chi connectivity index (χ4n) is 2.39. The zero-order valence-electron chi connectivity index (χ0n) is 10.5. The molecule has 1 rings (SSSR count). The predicted octanol–water partition coefficient (Wildman–Crippen LogP) is 1.70. The summed E-state index contributed by atoms with van der Waals surface area (Å²) in [5.74, 6) is -0.0414. The average Bonchev–Trinajstić information content (AvgIpc) is 2.30. The monoisotopic (exact) mass is 226 g/mol. The van der Waals surface area contributed by atoms with Gasteiger partial charge in [-0.15, -0.1) is 0 Å². The van der Waals surface area contributed by atoms with Gasteiger partial charge in [-0.3, -0.25) is 9.79 Å². The predicted molar refractivity (Wildman–Crippen MR) is 64.6 cm³/mol. The van der Waals surface area contributed by atoms with Gasteiger partial charge < -0.3 is 9.64 Å². The topological polar surface area (TPSA) is 41.9 Å². The van der Waals surface area contributed by atoms with E-state index in [-0.39, 0.29) is 17.9 Å². The summed E-state index contributed by atoms with van der Waals surface area (Å²) >= 11 is 0. The van der Waals surface area contributed by atoms with E-state index in [9.17, 15) is 4.79 Å². The van der Waals surface area contributed by atoms with Crippen LogP contribution in [0.25, 0.3) is 0 Å². The van der Waals surface area contributed by atoms with Crippen LogP contribution in [-0.4, -0.2) is 44.0 Å². The number of ether oxygens (including phenoxy) is 1. The summed E-state index contributed by atoms with van der Waals surface area (Å²) in [7, 11) is 3.73. The molecule has 92 valence electrons. The van der Waals surface area contributed by atoms with Crippen molar-refractivity contribution in [1.29, 1.82) is 0 Å². The van der Waals surface area contributed by atoms with Crippen molar-refractivity contribution in [3.8, 4) is 0 Å². The van der Waals surface area contributed by atoms with Crippen molar-refractivity contribution in [3.63, 3.8) is 0 Å². The Morgan fingerprint density at radius 1 is 1.50 bits per heavy atom. The maximum absolute atomic E-state index is 11.8. The van der Waals surface area contributed by atoms with Crippen LogP contribution in [0, 0.1) is 5.92 Å². The van der Waals surface area contributed by atoms with Crippen LogP contribution in [-0.2, 0) is 9.53 Å². The van der Waals surface area contributed by atoms with Crippen molar-refractivity contribution in [1.82, 2.24) is 4.90 Å². The molecule has 1 aliphatic rings. The summed E-state index contributed by atoms with van der Waals surface area (Å²) in [5.41, 5.74) is 0. The van der Waals surface area contributed by atoms with Gasteiger partial charge in [0, 0.05) is 20.1 Å². The van der Waals surface area contributed by atoms with Crippen LogP contribution in [0.5, 0.6) is 0 Å². The number of hydrogen-bond acceptors (Lipinski definition) is 3. The molecule has 0 aromatic heterocycles. The number of carbonyl (C=O) groups is 1. The van der Waals surface area contributed by atoms with Crippen molar-refractivity contribution in [3.05, 3.63) is 0 Å². The van der Waals surface area contributed by atoms with Gasteiger partial charge >= 0.3 is 5.97 Å². The van der Waals surface area contributed by atoms with E-state index >= 15 is 0 Å². The van der Waals surface area contributed by atoms with Crippen LogP contribution in [0.3, 0.4) is 0 Å². The summed E-state index contributed by atoms with van der Waals surface area (Å²) in [4.78, 5) is 17.9. The maximum atomic E-state index is 11.8. The molecule has 0 amide bonds. The Labute approximate surface area is 97.7 Å².